The van der Waals surface area contributed by atoms with Gasteiger partial charge in [-0.15, -0.1) is 0 Å². The molecule has 1 fully saturated rings. The second-order valence-electron chi connectivity index (χ2n) is 5.37. The second-order valence-corrected chi connectivity index (χ2v) is 5.37. The minimum absolute atomic E-state index is 0.0308. The number of hydrogen-bond donors (Lipinski definition) is 3. The molecule has 0 saturated heterocycles. The molecule has 0 bridgehead atoms. The molecule has 5 heteroatoms. The quantitative estimate of drug-likeness (QED) is 0.603. The molecule has 5 nitrogen and oxygen atoms in total. The van der Waals surface area contributed by atoms with Crippen LogP contribution < -0.4 is 10.6 Å². The highest BCUT2D eigenvalue weighted by Gasteiger charge is 2.20. The van der Waals surface area contributed by atoms with Gasteiger partial charge in [0.05, 0.1) is 0 Å². The van der Waals surface area contributed by atoms with Gasteiger partial charge in [-0.1, -0.05) is 19.3 Å². The van der Waals surface area contributed by atoms with Crippen molar-refractivity contribution < 1.29 is 14.7 Å². The van der Waals surface area contributed by atoms with E-state index in [-0.39, 0.29) is 18.4 Å². The highest BCUT2D eigenvalue weighted by atomic mass is 16.3. The minimum atomic E-state index is -0.505. The first-order valence-electron chi connectivity index (χ1n) is 7.31. The van der Waals surface area contributed by atoms with Gasteiger partial charge in [0.2, 0.25) is 11.8 Å². The van der Waals surface area contributed by atoms with Gasteiger partial charge in [-0.25, -0.2) is 0 Å². The van der Waals surface area contributed by atoms with Crippen LogP contribution in [0.15, 0.2) is 0 Å². The van der Waals surface area contributed by atoms with E-state index in [4.69, 9.17) is 5.11 Å². The van der Waals surface area contributed by atoms with E-state index in [0.29, 0.717) is 25.3 Å². The summed E-state index contributed by atoms with van der Waals surface area (Å²) in [7, 11) is 0. The highest BCUT2D eigenvalue weighted by Crippen LogP contribution is 2.26. The van der Waals surface area contributed by atoms with Crippen molar-refractivity contribution in [2.45, 2.75) is 57.9 Å². The Morgan fingerprint density at radius 3 is 2.58 bits per heavy atom. The van der Waals surface area contributed by atoms with E-state index in [1.165, 1.54) is 19.3 Å². The van der Waals surface area contributed by atoms with Crippen molar-refractivity contribution in [2.75, 3.05) is 13.2 Å². The van der Waals surface area contributed by atoms with E-state index in [1.807, 2.05) is 0 Å². The molecule has 1 aliphatic rings. The standard InChI is InChI=1S/C14H26N2O3/c1-11(14(19)15-8-5-9-17)16-13(18)10-12-6-3-2-4-7-12/h11-12,17H,2-10H2,1H3,(H,15,19)(H,16,18). The van der Waals surface area contributed by atoms with Gasteiger partial charge in [-0.3, -0.25) is 9.59 Å². The minimum Gasteiger partial charge on any atom is -0.396 e. The lowest BCUT2D eigenvalue weighted by Gasteiger charge is -2.22. The molecular weight excluding hydrogens is 244 g/mol. The zero-order valence-corrected chi connectivity index (χ0v) is 11.8. The molecule has 0 spiro atoms. The zero-order valence-electron chi connectivity index (χ0n) is 11.8. The van der Waals surface area contributed by atoms with Gasteiger partial charge >= 0.3 is 0 Å². The fourth-order valence-electron chi connectivity index (χ4n) is 2.46. The number of rotatable bonds is 7. The first kappa shape index (κ1) is 16.0. The first-order chi connectivity index (χ1) is 9.13. The van der Waals surface area contributed by atoms with E-state index in [9.17, 15) is 9.59 Å². The third-order valence-electron chi connectivity index (χ3n) is 3.60. The molecule has 0 heterocycles. The highest BCUT2D eigenvalue weighted by molar-refractivity contribution is 5.87. The average molecular weight is 270 g/mol. The molecule has 0 aromatic rings. The van der Waals surface area contributed by atoms with Crippen molar-refractivity contribution in [1.29, 1.82) is 0 Å². The van der Waals surface area contributed by atoms with Crippen molar-refractivity contribution in [3.63, 3.8) is 0 Å². The van der Waals surface area contributed by atoms with E-state index in [2.05, 4.69) is 10.6 Å². The molecule has 0 aromatic heterocycles. The van der Waals surface area contributed by atoms with Gasteiger partial charge in [0, 0.05) is 19.6 Å². The third kappa shape index (κ3) is 6.57. The third-order valence-corrected chi connectivity index (χ3v) is 3.60. The van der Waals surface area contributed by atoms with Crippen LogP contribution in [-0.2, 0) is 9.59 Å². The van der Waals surface area contributed by atoms with Crippen molar-refractivity contribution in [1.82, 2.24) is 10.6 Å². The lowest BCUT2D eigenvalue weighted by Crippen LogP contribution is -2.45. The summed E-state index contributed by atoms with van der Waals surface area (Å²) in [5.74, 6) is 0.264. The fourth-order valence-corrected chi connectivity index (χ4v) is 2.46. The normalized spacial score (nSPS) is 17.8. The Kier molecular flexibility index (Phi) is 7.48. The fraction of sp³-hybridized carbons (Fsp3) is 0.857. The van der Waals surface area contributed by atoms with E-state index < -0.39 is 6.04 Å². The maximum Gasteiger partial charge on any atom is 0.242 e. The lowest BCUT2D eigenvalue weighted by molar-refractivity contribution is -0.129. The summed E-state index contributed by atoms with van der Waals surface area (Å²) < 4.78 is 0. The molecule has 19 heavy (non-hydrogen) atoms. The van der Waals surface area contributed by atoms with Gasteiger partial charge in [0.1, 0.15) is 6.04 Å². The number of carbonyl (C=O) groups is 2. The summed E-state index contributed by atoms with van der Waals surface area (Å²) in [5, 5.41) is 14.0. The topological polar surface area (TPSA) is 78.4 Å². The Morgan fingerprint density at radius 2 is 1.95 bits per heavy atom. The Hall–Kier alpha value is -1.10. The molecule has 0 aromatic carbocycles. The Balaban J connectivity index is 2.20. The summed E-state index contributed by atoms with van der Waals surface area (Å²) in [5.41, 5.74) is 0. The van der Waals surface area contributed by atoms with Crippen molar-refractivity contribution in [3.8, 4) is 0 Å². The Labute approximate surface area is 115 Å². The van der Waals surface area contributed by atoms with E-state index >= 15 is 0 Å². The van der Waals surface area contributed by atoms with Crippen LogP contribution in [0.25, 0.3) is 0 Å². The summed E-state index contributed by atoms with van der Waals surface area (Å²) >= 11 is 0. The zero-order chi connectivity index (χ0) is 14.1. The van der Waals surface area contributed by atoms with Gasteiger partial charge in [-0.05, 0) is 32.1 Å². The number of amides is 2. The lowest BCUT2D eigenvalue weighted by atomic mass is 9.87. The number of carbonyl (C=O) groups excluding carboxylic acids is 2. The second kappa shape index (κ2) is 8.91. The van der Waals surface area contributed by atoms with Gasteiger partial charge in [0.25, 0.3) is 0 Å². The van der Waals surface area contributed by atoms with Crippen LogP contribution in [0.5, 0.6) is 0 Å². The number of aliphatic hydroxyl groups excluding tert-OH is 1. The van der Waals surface area contributed by atoms with Gasteiger partial charge in [-0.2, -0.15) is 0 Å². The van der Waals surface area contributed by atoms with Crippen LogP contribution in [0.2, 0.25) is 0 Å². The van der Waals surface area contributed by atoms with Crippen LogP contribution in [0.3, 0.4) is 0 Å². The van der Waals surface area contributed by atoms with Crippen molar-refractivity contribution >= 4 is 11.8 Å². The number of aliphatic hydroxyl groups is 1. The Morgan fingerprint density at radius 1 is 1.26 bits per heavy atom. The van der Waals surface area contributed by atoms with Gasteiger partial charge in [0.15, 0.2) is 0 Å². The largest absolute Gasteiger partial charge is 0.396 e. The van der Waals surface area contributed by atoms with E-state index in [1.54, 1.807) is 6.92 Å². The van der Waals surface area contributed by atoms with E-state index in [0.717, 1.165) is 12.8 Å². The SMILES string of the molecule is CC(NC(=O)CC1CCCCC1)C(=O)NCCCO. The summed E-state index contributed by atoms with van der Waals surface area (Å²) in [4.78, 5) is 23.5. The van der Waals surface area contributed by atoms with Crippen LogP contribution in [0.1, 0.15) is 51.9 Å². The molecule has 1 rings (SSSR count). The molecule has 1 unspecified atom stereocenters. The molecule has 0 radical (unpaired) electrons. The van der Waals surface area contributed by atoms with Crippen molar-refractivity contribution in [2.24, 2.45) is 5.92 Å². The average Bonchev–Trinajstić information content (AvgIpc) is 2.39. The predicted molar refractivity (Wildman–Crippen MR) is 73.5 cm³/mol. The predicted octanol–water partition coefficient (Wildman–Crippen LogP) is 0.960. The molecule has 1 aliphatic carbocycles. The summed E-state index contributed by atoms with van der Waals surface area (Å²) in [6.45, 7) is 2.19. The molecule has 0 aliphatic heterocycles. The van der Waals surface area contributed by atoms with Crippen LogP contribution in [0.4, 0.5) is 0 Å². The molecular formula is C14H26N2O3. The summed E-state index contributed by atoms with van der Waals surface area (Å²) in [6.07, 6.45) is 7.05. The molecule has 1 saturated carbocycles. The Bertz CT molecular complexity index is 288. The monoisotopic (exact) mass is 270 g/mol. The van der Waals surface area contributed by atoms with Gasteiger partial charge < -0.3 is 15.7 Å². The first-order valence-corrected chi connectivity index (χ1v) is 7.31. The number of hydrogen-bond acceptors (Lipinski definition) is 3. The van der Waals surface area contributed by atoms with Crippen LogP contribution in [-0.4, -0.2) is 36.1 Å². The van der Waals surface area contributed by atoms with Crippen molar-refractivity contribution in [3.05, 3.63) is 0 Å². The smallest absolute Gasteiger partial charge is 0.242 e. The van der Waals surface area contributed by atoms with Crippen LogP contribution >= 0.6 is 0 Å². The maximum atomic E-state index is 11.8. The number of nitrogens with one attached hydrogen (secondary N) is 2. The molecule has 2 amide bonds. The molecule has 110 valence electrons. The van der Waals surface area contributed by atoms with Crippen LogP contribution in [0, 0.1) is 5.92 Å². The maximum absolute atomic E-state index is 11.8. The molecule has 3 N–H and O–H groups in total. The summed E-state index contributed by atoms with van der Waals surface area (Å²) in [6, 6.07) is -0.505. The molecule has 1 atom stereocenters.